The summed E-state index contributed by atoms with van der Waals surface area (Å²) in [7, 11) is 0. The van der Waals surface area contributed by atoms with Gasteiger partial charge in [-0.2, -0.15) is 0 Å². The maximum atomic E-state index is 4.51. The van der Waals surface area contributed by atoms with Crippen LogP contribution in [0.15, 0.2) is 52.2 Å². The number of fused-ring (bicyclic) bond motifs is 2. The quantitative estimate of drug-likeness (QED) is 0.706. The molecule has 3 heterocycles. The number of pyridine rings is 1. The first-order valence-electron chi connectivity index (χ1n) is 5.46. The summed E-state index contributed by atoms with van der Waals surface area (Å²) >= 11 is 1.59. The molecule has 0 aromatic carbocycles. The lowest BCUT2D eigenvalue weighted by Crippen LogP contribution is -2.28. The van der Waals surface area contributed by atoms with Crippen molar-refractivity contribution >= 4 is 17.8 Å². The predicted molar refractivity (Wildman–Crippen MR) is 70.2 cm³/mol. The summed E-state index contributed by atoms with van der Waals surface area (Å²) in [6, 6.07) is 3.95. The van der Waals surface area contributed by atoms with Crippen molar-refractivity contribution in [2.45, 2.75) is 11.4 Å². The SMILES string of the molecule is C=C1/C=c2/ncnc/c2=N/Cc2ncccc2S1. The maximum Gasteiger partial charge on any atom is 0.116 e. The van der Waals surface area contributed by atoms with E-state index in [0.717, 1.165) is 26.2 Å². The van der Waals surface area contributed by atoms with Crippen LogP contribution in [0.5, 0.6) is 0 Å². The molecule has 0 fully saturated rings. The van der Waals surface area contributed by atoms with Gasteiger partial charge in [-0.05, 0) is 18.2 Å². The summed E-state index contributed by atoms with van der Waals surface area (Å²) in [5, 5.41) is 1.58. The molecule has 3 rings (SSSR count). The third kappa shape index (κ3) is 2.17. The van der Waals surface area contributed by atoms with Crippen LogP contribution in [0, 0.1) is 0 Å². The van der Waals surface area contributed by atoms with Crippen molar-refractivity contribution in [3.8, 4) is 0 Å². The van der Waals surface area contributed by atoms with Crippen molar-refractivity contribution < 1.29 is 0 Å². The van der Waals surface area contributed by atoms with E-state index in [-0.39, 0.29) is 0 Å². The molecule has 0 radical (unpaired) electrons. The predicted octanol–water partition coefficient (Wildman–Crippen LogP) is 1.09. The Morgan fingerprint density at radius 2 is 2.22 bits per heavy atom. The van der Waals surface area contributed by atoms with Crippen molar-refractivity contribution in [2.75, 3.05) is 0 Å². The molecule has 0 saturated carbocycles. The number of nitrogens with zero attached hydrogens (tertiary/aromatic N) is 4. The molecule has 0 bridgehead atoms. The fraction of sp³-hybridized carbons (Fsp3) is 0.0769. The molecule has 88 valence electrons. The molecular formula is C13H10N4S. The van der Waals surface area contributed by atoms with Gasteiger partial charge in [-0.1, -0.05) is 18.3 Å². The number of thioether (sulfide) groups is 1. The standard InChI is InChI=1S/C13H10N4S/c1-9-5-10-11(6-14-8-17-10)16-7-12-13(18-9)3-2-4-15-12/h2-6,8H,1,7H2/b10-5+,16-11-. The van der Waals surface area contributed by atoms with Gasteiger partial charge in [0.15, 0.2) is 0 Å². The topological polar surface area (TPSA) is 51.0 Å². The van der Waals surface area contributed by atoms with Crippen LogP contribution >= 0.6 is 11.8 Å². The molecule has 0 atom stereocenters. The molecule has 4 nitrogen and oxygen atoms in total. The van der Waals surface area contributed by atoms with E-state index in [2.05, 4.69) is 26.5 Å². The van der Waals surface area contributed by atoms with Crippen molar-refractivity contribution in [1.82, 2.24) is 15.0 Å². The fourth-order valence-corrected chi connectivity index (χ4v) is 2.52. The van der Waals surface area contributed by atoms with Crippen molar-refractivity contribution in [1.29, 1.82) is 0 Å². The van der Waals surface area contributed by atoms with Crippen molar-refractivity contribution in [3.63, 3.8) is 0 Å². The molecular weight excluding hydrogens is 244 g/mol. The minimum atomic E-state index is 0.532. The summed E-state index contributed by atoms with van der Waals surface area (Å²) in [6.07, 6.45) is 6.94. The first-order valence-corrected chi connectivity index (χ1v) is 6.27. The summed E-state index contributed by atoms with van der Waals surface area (Å²) in [5.74, 6) is 0. The van der Waals surface area contributed by atoms with Crippen LogP contribution < -0.4 is 10.7 Å². The van der Waals surface area contributed by atoms with E-state index in [1.165, 1.54) is 6.33 Å². The lowest BCUT2D eigenvalue weighted by atomic mass is 10.3. The Morgan fingerprint density at radius 3 is 3.17 bits per heavy atom. The van der Waals surface area contributed by atoms with Gasteiger partial charge in [-0.25, -0.2) is 9.97 Å². The number of hydrogen-bond acceptors (Lipinski definition) is 5. The van der Waals surface area contributed by atoms with E-state index in [9.17, 15) is 0 Å². The van der Waals surface area contributed by atoms with Crippen LogP contribution in [-0.4, -0.2) is 15.0 Å². The van der Waals surface area contributed by atoms with Gasteiger partial charge >= 0.3 is 0 Å². The Hall–Kier alpha value is -2.01. The lowest BCUT2D eigenvalue weighted by molar-refractivity contribution is 0.897. The number of hydrogen-bond donors (Lipinski definition) is 0. The Kier molecular flexibility index (Phi) is 2.90. The molecule has 1 aliphatic rings. The third-order valence-electron chi connectivity index (χ3n) is 2.51. The van der Waals surface area contributed by atoms with Crippen LogP contribution in [0.3, 0.4) is 0 Å². The highest BCUT2D eigenvalue weighted by Crippen LogP contribution is 2.28. The summed E-state index contributed by atoms with van der Waals surface area (Å²) in [4.78, 5) is 19.1. The first-order chi connectivity index (χ1) is 8.83. The summed E-state index contributed by atoms with van der Waals surface area (Å²) in [5.41, 5.74) is 0.953. The third-order valence-corrected chi connectivity index (χ3v) is 3.48. The second kappa shape index (κ2) is 4.70. The molecule has 0 spiro atoms. The second-order valence-electron chi connectivity index (χ2n) is 3.77. The molecule has 0 N–H and O–H groups in total. The molecule has 1 aliphatic heterocycles. The number of aromatic nitrogens is 3. The normalized spacial score (nSPS) is 17.9. The molecule has 0 saturated heterocycles. The van der Waals surface area contributed by atoms with Crippen molar-refractivity contribution in [3.05, 3.63) is 58.7 Å². The van der Waals surface area contributed by atoms with Gasteiger partial charge in [-0.3, -0.25) is 9.98 Å². The highest BCUT2D eigenvalue weighted by molar-refractivity contribution is 8.03. The Morgan fingerprint density at radius 1 is 1.28 bits per heavy atom. The smallest absolute Gasteiger partial charge is 0.116 e. The van der Waals surface area contributed by atoms with Gasteiger partial charge in [0.1, 0.15) is 11.7 Å². The van der Waals surface area contributed by atoms with Crippen LogP contribution in [-0.2, 0) is 6.54 Å². The second-order valence-corrected chi connectivity index (χ2v) is 4.94. The van der Waals surface area contributed by atoms with Crippen LogP contribution in [0.4, 0.5) is 0 Å². The zero-order valence-electron chi connectivity index (χ0n) is 9.58. The minimum absolute atomic E-state index is 0.532. The van der Waals surface area contributed by atoms with Gasteiger partial charge in [0, 0.05) is 16.0 Å². The van der Waals surface area contributed by atoms with Crippen LogP contribution in [0.2, 0.25) is 0 Å². The zero-order valence-corrected chi connectivity index (χ0v) is 10.4. The van der Waals surface area contributed by atoms with Gasteiger partial charge in [0.05, 0.1) is 23.8 Å². The number of allylic oxidation sites excluding steroid dienone is 1. The molecule has 0 amide bonds. The van der Waals surface area contributed by atoms with E-state index >= 15 is 0 Å². The Bertz CT molecular complexity index is 724. The average Bonchev–Trinajstić information content (AvgIpc) is 2.45. The largest absolute Gasteiger partial charge is 0.275 e. The lowest BCUT2D eigenvalue weighted by Gasteiger charge is -2.04. The maximum absolute atomic E-state index is 4.51. The number of rotatable bonds is 0. The fourth-order valence-electron chi connectivity index (χ4n) is 1.68. The van der Waals surface area contributed by atoms with E-state index in [1.807, 2.05) is 18.2 Å². The van der Waals surface area contributed by atoms with Gasteiger partial charge in [0.25, 0.3) is 0 Å². The molecule has 2 aromatic rings. The Balaban J connectivity index is 2.22. The molecule has 0 unspecified atom stereocenters. The van der Waals surface area contributed by atoms with E-state index in [0.29, 0.717) is 6.54 Å². The molecule has 2 aromatic heterocycles. The average molecular weight is 254 g/mol. The van der Waals surface area contributed by atoms with E-state index in [1.54, 1.807) is 24.2 Å². The van der Waals surface area contributed by atoms with Gasteiger partial charge in [0.2, 0.25) is 0 Å². The highest BCUT2D eigenvalue weighted by atomic mass is 32.2. The zero-order chi connectivity index (χ0) is 12.4. The first kappa shape index (κ1) is 11.1. The van der Waals surface area contributed by atoms with E-state index in [4.69, 9.17) is 0 Å². The Labute approximate surface area is 108 Å². The summed E-state index contributed by atoms with van der Waals surface area (Å²) < 4.78 is 0. The molecule has 18 heavy (non-hydrogen) atoms. The van der Waals surface area contributed by atoms with Gasteiger partial charge in [-0.15, -0.1) is 0 Å². The summed E-state index contributed by atoms with van der Waals surface area (Å²) in [6.45, 7) is 4.57. The highest BCUT2D eigenvalue weighted by Gasteiger charge is 2.06. The molecule has 5 heteroatoms. The van der Waals surface area contributed by atoms with Crippen LogP contribution in [0.1, 0.15) is 5.69 Å². The van der Waals surface area contributed by atoms with E-state index < -0.39 is 0 Å². The minimum Gasteiger partial charge on any atom is -0.275 e. The van der Waals surface area contributed by atoms with Crippen LogP contribution in [0.25, 0.3) is 6.08 Å². The van der Waals surface area contributed by atoms with Crippen molar-refractivity contribution in [2.24, 2.45) is 4.99 Å². The molecule has 0 aliphatic carbocycles. The monoisotopic (exact) mass is 254 g/mol. The van der Waals surface area contributed by atoms with Gasteiger partial charge < -0.3 is 0 Å².